The first kappa shape index (κ1) is 11.4. The van der Waals surface area contributed by atoms with Crippen molar-refractivity contribution in [3.63, 3.8) is 0 Å². The Hall–Kier alpha value is -1.10. The van der Waals surface area contributed by atoms with Gasteiger partial charge in [-0.15, -0.1) is 0 Å². The standard InChI is InChI=1S/C11H13F3N2/c1-10(2)8(9(10)15)6-5-16-4-3-7(6)11(12,13)14/h3-5,8-9H,15H2,1-2H3. The molecule has 0 saturated heterocycles. The average Bonchev–Trinajstić information content (AvgIpc) is 2.65. The molecule has 1 fully saturated rings. The molecular formula is C11H13F3N2. The van der Waals surface area contributed by atoms with Crippen molar-refractivity contribution in [1.29, 1.82) is 0 Å². The second-order valence-corrected chi connectivity index (χ2v) is 4.79. The minimum atomic E-state index is -4.34. The van der Waals surface area contributed by atoms with Crippen LogP contribution < -0.4 is 5.73 Å². The summed E-state index contributed by atoms with van der Waals surface area (Å²) in [4.78, 5) is 3.76. The molecule has 5 heteroatoms. The fraction of sp³-hybridized carbons (Fsp3) is 0.545. The molecule has 1 aromatic heterocycles. The second kappa shape index (κ2) is 3.20. The summed E-state index contributed by atoms with van der Waals surface area (Å²) in [6.07, 6.45) is -1.90. The van der Waals surface area contributed by atoms with E-state index in [-0.39, 0.29) is 22.9 Å². The van der Waals surface area contributed by atoms with Crippen molar-refractivity contribution in [2.24, 2.45) is 11.1 Å². The quantitative estimate of drug-likeness (QED) is 0.805. The zero-order chi connectivity index (χ0) is 12.1. The van der Waals surface area contributed by atoms with Crippen molar-refractivity contribution in [1.82, 2.24) is 4.98 Å². The number of aromatic nitrogens is 1. The molecule has 0 spiro atoms. The fourth-order valence-corrected chi connectivity index (χ4v) is 2.18. The molecule has 0 aromatic carbocycles. The smallest absolute Gasteiger partial charge is 0.327 e. The van der Waals surface area contributed by atoms with Gasteiger partial charge in [0.2, 0.25) is 0 Å². The van der Waals surface area contributed by atoms with Crippen molar-refractivity contribution < 1.29 is 13.2 Å². The van der Waals surface area contributed by atoms with E-state index < -0.39 is 11.7 Å². The van der Waals surface area contributed by atoms with Crippen molar-refractivity contribution in [2.45, 2.75) is 32.0 Å². The summed E-state index contributed by atoms with van der Waals surface area (Å²) in [6.45, 7) is 3.74. The molecule has 2 unspecified atom stereocenters. The summed E-state index contributed by atoms with van der Waals surface area (Å²) in [5, 5.41) is 0. The molecule has 1 aromatic rings. The van der Waals surface area contributed by atoms with Gasteiger partial charge >= 0.3 is 6.18 Å². The lowest BCUT2D eigenvalue weighted by Crippen LogP contribution is -2.11. The lowest BCUT2D eigenvalue weighted by molar-refractivity contribution is -0.138. The Morgan fingerprint density at radius 1 is 1.38 bits per heavy atom. The van der Waals surface area contributed by atoms with E-state index in [0.29, 0.717) is 0 Å². The van der Waals surface area contributed by atoms with E-state index in [1.807, 2.05) is 13.8 Å². The number of nitrogens with two attached hydrogens (primary N) is 1. The van der Waals surface area contributed by atoms with Gasteiger partial charge in [0.15, 0.2) is 0 Å². The van der Waals surface area contributed by atoms with Crippen LogP contribution in [0.5, 0.6) is 0 Å². The van der Waals surface area contributed by atoms with Gasteiger partial charge in [-0.05, 0) is 17.0 Å². The summed E-state index contributed by atoms with van der Waals surface area (Å²) >= 11 is 0. The number of hydrogen-bond donors (Lipinski definition) is 1. The van der Waals surface area contributed by atoms with Gasteiger partial charge in [0, 0.05) is 24.4 Å². The number of rotatable bonds is 1. The van der Waals surface area contributed by atoms with Crippen LogP contribution in [0.1, 0.15) is 30.9 Å². The van der Waals surface area contributed by atoms with Gasteiger partial charge in [0.1, 0.15) is 0 Å². The maximum absolute atomic E-state index is 12.7. The van der Waals surface area contributed by atoms with Gasteiger partial charge in [0.05, 0.1) is 5.56 Å². The molecule has 1 aliphatic carbocycles. The molecule has 2 nitrogen and oxygen atoms in total. The first-order valence-electron chi connectivity index (χ1n) is 5.03. The van der Waals surface area contributed by atoms with Crippen LogP contribution in [0.3, 0.4) is 0 Å². The van der Waals surface area contributed by atoms with E-state index in [4.69, 9.17) is 5.73 Å². The summed E-state index contributed by atoms with van der Waals surface area (Å²) < 4.78 is 38.2. The van der Waals surface area contributed by atoms with Gasteiger partial charge in [-0.1, -0.05) is 13.8 Å². The van der Waals surface area contributed by atoms with Gasteiger partial charge in [-0.25, -0.2) is 0 Å². The number of nitrogens with zero attached hydrogens (tertiary/aromatic N) is 1. The van der Waals surface area contributed by atoms with Crippen LogP contribution in [0.25, 0.3) is 0 Å². The van der Waals surface area contributed by atoms with Crippen molar-refractivity contribution in [3.8, 4) is 0 Å². The highest BCUT2D eigenvalue weighted by atomic mass is 19.4. The van der Waals surface area contributed by atoms with Crippen LogP contribution in [0, 0.1) is 5.41 Å². The third-order valence-corrected chi connectivity index (χ3v) is 3.40. The van der Waals surface area contributed by atoms with E-state index in [0.717, 1.165) is 12.3 Å². The molecule has 2 rings (SSSR count). The molecule has 1 aliphatic rings. The molecule has 2 N–H and O–H groups in total. The third kappa shape index (κ3) is 1.59. The van der Waals surface area contributed by atoms with Crippen molar-refractivity contribution in [3.05, 3.63) is 29.6 Å². The first-order chi connectivity index (χ1) is 7.26. The topological polar surface area (TPSA) is 38.9 Å². The Kier molecular flexibility index (Phi) is 2.28. The molecule has 0 bridgehead atoms. The van der Waals surface area contributed by atoms with Crippen LogP contribution >= 0.6 is 0 Å². The maximum Gasteiger partial charge on any atom is 0.416 e. The minimum Gasteiger partial charge on any atom is -0.327 e. The maximum atomic E-state index is 12.7. The average molecular weight is 230 g/mol. The normalized spacial score (nSPS) is 27.9. The Labute approximate surface area is 91.7 Å². The zero-order valence-corrected chi connectivity index (χ0v) is 9.05. The second-order valence-electron chi connectivity index (χ2n) is 4.79. The Bertz CT molecular complexity index is 412. The molecule has 16 heavy (non-hydrogen) atoms. The number of hydrogen-bond acceptors (Lipinski definition) is 2. The Balaban J connectivity index is 2.44. The Morgan fingerprint density at radius 2 is 1.94 bits per heavy atom. The van der Waals surface area contributed by atoms with Gasteiger partial charge in [0.25, 0.3) is 0 Å². The summed E-state index contributed by atoms with van der Waals surface area (Å²) in [5.41, 5.74) is 5.12. The highest BCUT2D eigenvalue weighted by Crippen LogP contribution is 2.58. The van der Waals surface area contributed by atoms with Crippen LogP contribution in [0.15, 0.2) is 18.5 Å². The molecular weight excluding hydrogens is 217 g/mol. The van der Waals surface area contributed by atoms with Crippen LogP contribution in [-0.2, 0) is 6.18 Å². The highest BCUT2D eigenvalue weighted by Gasteiger charge is 2.58. The predicted molar refractivity (Wildman–Crippen MR) is 53.7 cm³/mol. The molecule has 0 amide bonds. The minimum absolute atomic E-state index is 0.215. The predicted octanol–water partition coefficient (Wildman–Crippen LogP) is 2.55. The van der Waals surface area contributed by atoms with Crippen molar-refractivity contribution >= 4 is 0 Å². The SMILES string of the molecule is CC1(C)C(N)C1c1cnccc1C(F)(F)F. The molecule has 0 aliphatic heterocycles. The van der Waals surface area contributed by atoms with Crippen LogP contribution in [-0.4, -0.2) is 11.0 Å². The van der Waals surface area contributed by atoms with Gasteiger partial charge in [-0.3, -0.25) is 4.98 Å². The number of halogens is 3. The summed E-state index contributed by atoms with van der Waals surface area (Å²) in [7, 11) is 0. The Morgan fingerprint density at radius 3 is 2.38 bits per heavy atom. The number of pyridine rings is 1. The molecule has 88 valence electrons. The van der Waals surface area contributed by atoms with E-state index in [1.165, 1.54) is 6.20 Å². The van der Waals surface area contributed by atoms with Crippen LogP contribution in [0.2, 0.25) is 0 Å². The summed E-state index contributed by atoms with van der Waals surface area (Å²) in [6, 6.07) is 0.786. The van der Waals surface area contributed by atoms with Crippen LogP contribution in [0.4, 0.5) is 13.2 Å². The van der Waals surface area contributed by atoms with E-state index in [9.17, 15) is 13.2 Å². The first-order valence-corrected chi connectivity index (χ1v) is 5.03. The largest absolute Gasteiger partial charge is 0.416 e. The van der Waals surface area contributed by atoms with Gasteiger partial charge < -0.3 is 5.73 Å². The molecule has 1 heterocycles. The highest BCUT2D eigenvalue weighted by molar-refractivity contribution is 5.39. The fourth-order valence-electron chi connectivity index (χ4n) is 2.18. The van der Waals surface area contributed by atoms with E-state index in [2.05, 4.69) is 4.98 Å². The van der Waals surface area contributed by atoms with Crippen molar-refractivity contribution in [2.75, 3.05) is 0 Å². The lowest BCUT2D eigenvalue weighted by atomic mass is 10.00. The molecule has 1 saturated carbocycles. The van der Waals surface area contributed by atoms with Gasteiger partial charge in [-0.2, -0.15) is 13.2 Å². The lowest BCUT2D eigenvalue weighted by Gasteiger charge is -2.12. The summed E-state index contributed by atoms with van der Waals surface area (Å²) in [5.74, 6) is -0.252. The van der Waals surface area contributed by atoms with E-state index >= 15 is 0 Å². The van der Waals surface area contributed by atoms with E-state index in [1.54, 1.807) is 0 Å². The third-order valence-electron chi connectivity index (χ3n) is 3.40. The monoisotopic (exact) mass is 230 g/mol. The molecule has 0 radical (unpaired) electrons. The number of alkyl halides is 3. The molecule has 2 atom stereocenters. The zero-order valence-electron chi connectivity index (χ0n) is 9.05.